The maximum Gasteiger partial charge on any atom is 0.341 e. The number of amides is 1. The molecule has 0 spiro atoms. The molecule has 0 bridgehead atoms. The molecular formula is C27H26N2O4S. The lowest BCUT2D eigenvalue weighted by molar-refractivity contribution is -0.112. The summed E-state index contributed by atoms with van der Waals surface area (Å²) in [5.41, 5.74) is 3.49. The number of aryl methyl sites for hydroxylation is 1. The zero-order chi connectivity index (χ0) is 24.5. The summed E-state index contributed by atoms with van der Waals surface area (Å²) in [5.74, 6) is -0.403. The number of anilines is 1. The minimum atomic E-state index is -0.600. The first-order valence-corrected chi connectivity index (χ1v) is 11.9. The van der Waals surface area contributed by atoms with E-state index in [1.807, 2.05) is 44.2 Å². The van der Waals surface area contributed by atoms with Crippen LogP contribution in [0, 0.1) is 18.3 Å². The Hall–Kier alpha value is -3.89. The molecule has 0 saturated heterocycles. The van der Waals surface area contributed by atoms with Gasteiger partial charge in [0.25, 0.3) is 5.91 Å². The number of nitrogens with zero attached hydrogens (tertiary/aromatic N) is 1. The van der Waals surface area contributed by atoms with Crippen molar-refractivity contribution in [1.82, 2.24) is 0 Å². The van der Waals surface area contributed by atoms with Crippen LogP contribution in [0.25, 0.3) is 17.2 Å². The van der Waals surface area contributed by atoms with Crippen molar-refractivity contribution in [1.29, 1.82) is 5.26 Å². The summed E-state index contributed by atoms with van der Waals surface area (Å²) in [6.07, 6.45) is 2.40. The lowest BCUT2D eigenvalue weighted by Crippen LogP contribution is -2.16. The number of carbonyl (C=O) groups is 2. The molecule has 1 aromatic heterocycles. The highest BCUT2D eigenvalue weighted by Gasteiger charge is 2.23. The Morgan fingerprint density at radius 3 is 2.41 bits per heavy atom. The van der Waals surface area contributed by atoms with Crippen molar-refractivity contribution < 1.29 is 19.1 Å². The van der Waals surface area contributed by atoms with Gasteiger partial charge in [-0.15, -0.1) is 11.3 Å². The van der Waals surface area contributed by atoms with Gasteiger partial charge in [-0.2, -0.15) is 5.26 Å². The van der Waals surface area contributed by atoms with E-state index in [2.05, 4.69) is 5.32 Å². The van der Waals surface area contributed by atoms with Gasteiger partial charge in [0.1, 0.15) is 28.0 Å². The Balaban J connectivity index is 1.87. The van der Waals surface area contributed by atoms with E-state index in [-0.39, 0.29) is 17.7 Å². The van der Waals surface area contributed by atoms with Gasteiger partial charge >= 0.3 is 5.97 Å². The van der Waals surface area contributed by atoms with E-state index in [4.69, 9.17) is 9.47 Å². The Morgan fingerprint density at radius 2 is 1.79 bits per heavy atom. The molecule has 1 heterocycles. The number of rotatable bonds is 9. The van der Waals surface area contributed by atoms with Crippen molar-refractivity contribution >= 4 is 34.3 Å². The molecule has 2 aromatic carbocycles. The third kappa shape index (κ3) is 6.12. The largest absolute Gasteiger partial charge is 0.494 e. The standard InChI is InChI=1S/C27H26N2O4S/c1-4-14-33-22-12-8-19(9-13-22)15-21(16-28)25(30)29-26-24(27(31)32-5-2)23(17-34-26)20-10-6-18(3)7-11-20/h6-13,15,17H,4-5,14H2,1-3H3,(H,29,30). The minimum absolute atomic E-state index is 0.0812. The van der Waals surface area contributed by atoms with Gasteiger partial charge in [-0.05, 0) is 49.6 Å². The van der Waals surface area contributed by atoms with Gasteiger partial charge in [-0.1, -0.05) is 48.9 Å². The van der Waals surface area contributed by atoms with Crippen LogP contribution < -0.4 is 10.1 Å². The van der Waals surface area contributed by atoms with Gasteiger partial charge in [-0.25, -0.2) is 4.79 Å². The molecule has 0 atom stereocenters. The smallest absolute Gasteiger partial charge is 0.341 e. The van der Waals surface area contributed by atoms with Crippen LogP contribution in [0.15, 0.2) is 59.5 Å². The van der Waals surface area contributed by atoms with Crippen LogP contribution in [0.4, 0.5) is 5.00 Å². The minimum Gasteiger partial charge on any atom is -0.494 e. The number of nitriles is 1. The predicted molar refractivity (Wildman–Crippen MR) is 135 cm³/mol. The molecule has 3 rings (SSSR count). The quantitative estimate of drug-likeness (QED) is 0.225. The third-order valence-electron chi connectivity index (χ3n) is 4.89. The number of ether oxygens (including phenoxy) is 2. The van der Waals surface area contributed by atoms with E-state index in [0.717, 1.165) is 23.3 Å². The molecule has 0 radical (unpaired) electrons. The highest BCUT2D eigenvalue weighted by molar-refractivity contribution is 7.15. The van der Waals surface area contributed by atoms with Crippen molar-refractivity contribution in [3.63, 3.8) is 0 Å². The lowest BCUT2D eigenvalue weighted by atomic mass is 10.0. The number of benzene rings is 2. The average Bonchev–Trinajstić information content (AvgIpc) is 3.26. The Kier molecular flexibility index (Phi) is 8.60. The van der Waals surface area contributed by atoms with Crippen molar-refractivity contribution in [3.05, 3.63) is 76.2 Å². The molecule has 0 aliphatic heterocycles. The van der Waals surface area contributed by atoms with Crippen LogP contribution in [-0.4, -0.2) is 25.1 Å². The number of carbonyl (C=O) groups excluding carboxylic acids is 2. The molecule has 0 aliphatic carbocycles. The second-order valence-electron chi connectivity index (χ2n) is 7.48. The zero-order valence-electron chi connectivity index (χ0n) is 19.4. The number of hydrogen-bond acceptors (Lipinski definition) is 6. The van der Waals surface area contributed by atoms with Crippen molar-refractivity contribution in [3.8, 4) is 22.9 Å². The van der Waals surface area contributed by atoms with Crippen LogP contribution in [0.1, 0.15) is 41.8 Å². The lowest BCUT2D eigenvalue weighted by Gasteiger charge is -2.09. The maximum absolute atomic E-state index is 12.9. The maximum atomic E-state index is 12.9. The fourth-order valence-electron chi connectivity index (χ4n) is 3.17. The second-order valence-corrected chi connectivity index (χ2v) is 8.36. The molecule has 1 amide bonds. The van der Waals surface area contributed by atoms with Gasteiger partial charge in [0.2, 0.25) is 0 Å². The molecule has 6 nitrogen and oxygen atoms in total. The van der Waals surface area contributed by atoms with Gasteiger partial charge in [-0.3, -0.25) is 4.79 Å². The Bertz CT molecular complexity index is 1220. The summed E-state index contributed by atoms with van der Waals surface area (Å²) in [6, 6.07) is 16.8. The van der Waals surface area contributed by atoms with Gasteiger partial charge < -0.3 is 14.8 Å². The van der Waals surface area contributed by atoms with Gasteiger partial charge in [0.15, 0.2) is 0 Å². The molecule has 174 valence electrons. The Labute approximate surface area is 203 Å². The molecular weight excluding hydrogens is 448 g/mol. The number of nitrogens with one attached hydrogen (secondary N) is 1. The molecule has 0 fully saturated rings. The van der Waals surface area contributed by atoms with Crippen molar-refractivity contribution in [2.45, 2.75) is 27.2 Å². The number of thiophene rings is 1. The molecule has 0 unspecified atom stereocenters. The molecule has 0 saturated carbocycles. The summed E-state index contributed by atoms with van der Waals surface area (Å²) in [5, 5.41) is 14.5. The fraction of sp³-hybridized carbons (Fsp3) is 0.222. The topological polar surface area (TPSA) is 88.4 Å². The monoisotopic (exact) mass is 474 g/mol. The van der Waals surface area contributed by atoms with E-state index in [0.29, 0.717) is 22.7 Å². The average molecular weight is 475 g/mol. The van der Waals surface area contributed by atoms with Crippen LogP contribution in [0.2, 0.25) is 0 Å². The Morgan fingerprint density at radius 1 is 1.09 bits per heavy atom. The van der Waals surface area contributed by atoms with Crippen LogP contribution in [0.3, 0.4) is 0 Å². The van der Waals surface area contributed by atoms with E-state index in [1.165, 1.54) is 17.4 Å². The summed E-state index contributed by atoms with van der Waals surface area (Å²) in [7, 11) is 0. The van der Waals surface area contributed by atoms with Gasteiger partial charge in [0.05, 0.1) is 13.2 Å². The molecule has 3 aromatic rings. The first-order chi connectivity index (χ1) is 16.5. The first kappa shape index (κ1) is 24.7. The SMILES string of the molecule is CCCOc1ccc(C=C(C#N)C(=O)Nc2scc(-c3ccc(C)cc3)c2C(=O)OCC)cc1. The summed E-state index contributed by atoms with van der Waals surface area (Å²) in [6.45, 7) is 6.56. The van der Waals surface area contributed by atoms with Gasteiger partial charge in [0, 0.05) is 10.9 Å². The summed E-state index contributed by atoms with van der Waals surface area (Å²) in [4.78, 5) is 25.7. The van der Waals surface area contributed by atoms with Crippen molar-refractivity contribution in [2.24, 2.45) is 0 Å². The highest BCUT2D eigenvalue weighted by atomic mass is 32.1. The van der Waals surface area contributed by atoms with Crippen LogP contribution in [0.5, 0.6) is 5.75 Å². The fourth-order valence-corrected chi connectivity index (χ4v) is 4.12. The second kappa shape index (κ2) is 11.8. The van der Waals surface area contributed by atoms with E-state index >= 15 is 0 Å². The third-order valence-corrected chi connectivity index (χ3v) is 5.78. The van der Waals surface area contributed by atoms with Crippen LogP contribution in [-0.2, 0) is 9.53 Å². The highest BCUT2D eigenvalue weighted by Crippen LogP contribution is 2.36. The molecule has 34 heavy (non-hydrogen) atoms. The molecule has 0 aliphatic rings. The van der Waals surface area contributed by atoms with E-state index < -0.39 is 11.9 Å². The molecule has 7 heteroatoms. The van der Waals surface area contributed by atoms with E-state index in [9.17, 15) is 14.9 Å². The summed E-state index contributed by atoms with van der Waals surface area (Å²) >= 11 is 1.22. The van der Waals surface area contributed by atoms with Crippen molar-refractivity contribution in [2.75, 3.05) is 18.5 Å². The normalized spacial score (nSPS) is 10.9. The first-order valence-electron chi connectivity index (χ1n) is 11.0. The molecule has 1 N–H and O–H groups in total. The van der Waals surface area contributed by atoms with E-state index in [1.54, 1.807) is 36.6 Å². The summed E-state index contributed by atoms with van der Waals surface area (Å²) < 4.78 is 10.8. The number of esters is 1. The van der Waals surface area contributed by atoms with Crippen LogP contribution >= 0.6 is 11.3 Å². The number of hydrogen-bond donors (Lipinski definition) is 1. The predicted octanol–water partition coefficient (Wildman–Crippen LogP) is 6.23. The zero-order valence-corrected chi connectivity index (χ0v) is 20.2.